The number of carbonyl (C=O) groups excluding carboxylic acids is 1. The first kappa shape index (κ1) is 17.3. The monoisotopic (exact) mass is 341 g/mol. The minimum Gasteiger partial charge on any atom is -0.444 e. The Morgan fingerprint density at radius 1 is 1.40 bits per heavy atom. The summed E-state index contributed by atoms with van der Waals surface area (Å²) in [4.78, 5) is 23.9. The number of aryl methyl sites for hydroxylation is 1. The van der Waals surface area contributed by atoms with Crippen LogP contribution in [0.3, 0.4) is 0 Å². The van der Waals surface area contributed by atoms with Gasteiger partial charge in [0.05, 0.1) is 6.54 Å². The molecule has 1 spiro atoms. The predicted octanol–water partition coefficient (Wildman–Crippen LogP) is 2.54. The molecule has 25 heavy (non-hydrogen) atoms. The van der Waals surface area contributed by atoms with Crippen molar-refractivity contribution in [1.82, 2.24) is 15.4 Å². The number of nitrogens with one attached hydrogen (secondary N) is 1. The molecule has 0 radical (unpaired) electrons. The van der Waals surface area contributed by atoms with Crippen molar-refractivity contribution in [3.8, 4) is 11.8 Å². The molecule has 0 saturated carbocycles. The van der Waals surface area contributed by atoms with Crippen LogP contribution >= 0.6 is 0 Å². The van der Waals surface area contributed by atoms with Gasteiger partial charge in [0.2, 0.25) is 0 Å². The number of carbonyl (C=O) groups is 1. The van der Waals surface area contributed by atoms with Crippen LogP contribution in [0.5, 0.6) is 0 Å². The van der Waals surface area contributed by atoms with Crippen LogP contribution in [0.4, 0.5) is 4.79 Å². The molecule has 1 atom stereocenters. The molecule has 1 unspecified atom stereocenters. The lowest BCUT2D eigenvalue weighted by Crippen LogP contribution is -2.39. The fourth-order valence-electron chi connectivity index (χ4n) is 2.77. The van der Waals surface area contributed by atoms with E-state index in [9.17, 15) is 4.79 Å². The number of nitrogens with zero attached hydrogens (tertiary/aromatic N) is 2. The van der Waals surface area contributed by atoms with Gasteiger partial charge in [-0.3, -0.25) is 10.3 Å². The van der Waals surface area contributed by atoms with Gasteiger partial charge in [-0.1, -0.05) is 6.07 Å². The Balaban J connectivity index is 1.67. The summed E-state index contributed by atoms with van der Waals surface area (Å²) in [5, 5.41) is 0. The van der Waals surface area contributed by atoms with Crippen molar-refractivity contribution in [3.05, 3.63) is 41.4 Å². The number of hydrogen-bond donors (Lipinski definition) is 1. The smallest absolute Gasteiger partial charge is 0.410 e. The molecule has 0 bridgehead atoms. The summed E-state index contributed by atoms with van der Waals surface area (Å²) in [6, 6.07) is 5.72. The molecule has 1 fully saturated rings. The van der Waals surface area contributed by atoms with Crippen LogP contribution in [0.2, 0.25) is 0 Å². The van der Waals surface area contributed by atoms with Gasteiger partial charge >= 0.3 is 6.09 Å². The molecule has 1 N–H and O–H groups in total. The Hall–Kier alpha value is -2.52. The van der Waals surface area contributed by atoms with E-state index in [0.29, 0.717) is 30.9 Å². The van der Waals surface area contributed by atoms with Crippen molar-refractivity contribution in [2.45, 2.75) is 45.3 Å². The molecular weight excluding hydrogens is 318 g/mol. The SMILES string of the molecule is Cc1cccc(C#CC2=CC3(CCN(C(=O)OC(C)(C)C)C3)ON2)n1. The molecule has 0 aromatic carbocycles. The molecule has 0 aliphatic carbocycles. The van der Waals surface area contributed by atoms with E-state index >= 15 is 0 Å². The van der Waals surface area contributed by atoms with Crippen LogP contribution in [0.15, 0.2) is 30.0 Å². The summed E-state index contributed by atoms with van der Waals surface area (Å²) in [5.41, 5.74) is 4.15. The molecule has 1 aromatic rings. The van der Waals surface area contributed by atoms with Gasteiger partial charge < -0.3 is 9.64 Å². The topological polar surface area (TPSA) is 63.7 Å². The third-order valence-electron chi connectivity index (χ3n) is 3.90. The molecule has 6 nitrogen and oxygen atoms in total. The van der Waals surface area contributed by atoms with Crippen LogP contribution in [-0.4, -0.2) is 40.3 Å². The summed E-state index contributed by atoms with van der Waals surface area (Å²) in [7, 11) is 0. The molecular formula is C19H23N3O3. The lowest BCUT2D eigenvalue weighted by molar-refractivity contribution is -0.0338. The van der Waals surface area contributed by atoms with Crippen molar-refractivity contribution in [2.24, 2.45) is 0 Å². The van der Waals surface area contributed by atoms with Gasteiger partial charge in [-0.2, -0.15) is 0 Å². The second-order valence-corrected chi connectivity index (χ2v) is 7.39. The van der Waals surface area contributed by atoms with Gasteiger partial charge in [0.25, 0.3) is 0 Å². The summed E-state index contributed by atoms with van der Waals surface area (Å²) in [5.74, 6) is 6.06. The number of hydrogen-bond acceptors (Lipinski definition) is 5. The first-order valence-electron chi connectivity index (χ1n) is 8.35. The number of hydroxylamine groups is 1. The van der Waals surface area contributed by atoms with E-state index in [0.717, 1.165) is 5.69 Å². The first-order chi connectivity index (χ1) is 11.7. The fraction of sp³-hybridized carbons (Fsp3) is 0.474. The third-order valence-corrected chi connectivity index (χ3v) is 3.90. The molecule has 3 heterocycles. The van der Waals surface area contributed by atoms with Gasteiger partial charge in [0.1, 0.15) is 22.6 Å². The van der Waals surface area contributed by atoms with Crippen molar-refractivity contribution < 1.29 is 14.4 Å². The molecule has 1 amide bonds. The van der Waals surface area contributed by atoms with Crippen molar-refractivity contribution in [2.75, 3.05) is 13.1 Å². The number of ether oxygens (including phenoxy) is 1. The number of amides is 1. The number of likely N-dealkylation sites (tertiary alicyclic amines) is 1. The second kappa shape index (κ2) is 6.41. The second-order valence-electron chi connectivity index (χ2n) is 7.39. The molecule has 6 heteroatoms. The minimum atomic E-state index is -0.541. The zero-order valence-electron chi connectivity index (χ0n) is 15.0. The maximum Gasteiger partial charge on any atom is 0.410 e. The number of allylic oxidation sites excluding steroid dienone is 1. The van der Waals surface area contributed by atoms with E-state index in [1.165, 1.54) is 0 Å². The molecule has 1 saturated heterocycles. The Morgan fingerprint density at radius 3 is 2.92 bits per heavy atom. The van der Waals surface area contributed by atoms with Crippen molar-refractivity contribution in [1.29, 1.82) is 0 Å². The van der Waals surface area contributed by atoms with E-state index in [1.54, 1.807) is 4.90 Å². The first-order valence-corrected chi connectivity index (χ1v) is 8.35. The van der Waals surface area contributed by atoms with Crippen LogP contribution in [0.1, 0.15) is 38.6 Å². The normalized spacial score (nSPS) is 22.2. The molecule has 2 aliphatic rings. The third kappa shape index (κ3) is 4.31. The van der Waals surface area contributed by atoms with Crippen molar-refractivity contribution in [3.63, 3.8) is 0 Å². The summed E-state index contributed by atoms with van der Waals surface area (Å²) in [6.45, 7) is 8.54. The Kier molecular flexibility index (Phi) is 4.44. The molecule has 132 valence electrons. The minimum absolute atomic E-state index is 0.315. The highest BCUT2D eigenvalue weighted by molar-refractivity contribution is 5.69. The summed E-state index contributed by atoms with van der Waals surface area (Å²) < 4.78 is 5.42. The van der Waals surface area contributed by atoms with Crippen LogP contribution < -0.4 is 5.48 Å². The maximum absolute atomic E-state index is 12.2. The van der Waals surface area contributed by atoms with Gasteiger partial charge in [0, 0.05) is 18.7 Å². The van der Waals surface area contributed by atoms with Gasteiger partial charge in [0.15, 0.2) is 0 Å². The number of rotatable bonds is 0. The fourth-order valence-corrected chi connectivity index (χ4v) is 2.77. The highest BCUT2D eigenvalue weighted by Gasteiger charge is 2.44. The quantitative estimate of drug-likeness (QED) is 0.735. The maximum atomic E-state index is 12.2. The number of aromatic nitrogens is 1. The highest BCUT2D eigenvalue weighted by atomic mass is 16.7. The lowest BCUT2D eigenvalue weighted by atomic mass is 10.0. The van der Waals surface area contributed by atoms with Gasteiger partial charge in [-0.25, -0.2) is 9.78 Å². The van der Waals surface area contributed by atoms with Crippen LogP contribution in [-0.2, 0) is 9.57 Å². The van der Waals surface area contributed by atoms with E-state index in [1.807, 2.05) is 52.0 Å². The highest BCUT2D eigenvalue weighted by Crippen LogP contribution is 2.31. The zero-order valence-corrected chi connectivity index (χ0v) is 15.0. The predicted molar refractivity (Wildman–Crippen MR) is 93.3 cm³/mol. The summed E-state index contributed by atoms with van der Waals surface area (Å²) in [6.07, 6.45) is 2.33. The average Bonchev–Trinajstić information content (AvgIpc) is 3.11. The van der Waals surface area contributed by atoms with Gasteiger partial charge in [-0.05, 0) is 57.7 Å². The Morgan fingerprint density at radius 2 is 2.20 bits per heavy atom. The Bertz CT molecular complexity index is 770. The molecule has 3 rings (SSSR count). The molecule has 2 aliphatic heterocycles. The van der Waals surface area contributed by atoms with E-state index < -0.39 is 11.2 Å². The Labute approximate surface area is 148 Å². The van der Waals surface area contributed by atoms with Gasteiger partial charge in [-0.15, -0.1) is 0 Å². The summed E-state index contributed by atoms with van der Waals surface area (Å²) >= 11 is 0. The molecule has 1 aromatic heterocycles. The number of pyridine rings is 1. The van der Waals surface area contributed by atoms with Crippen LogP contribution in [0.25, 0.3) is 0 Å². The lowest BCUT2D eigenvalue weighted by Gasteiger charge is -2.25. The van der Waals surface area contributed by atoms with E-state index in [4.69, 9.17) is 9.57 Å². The van der Waals surface area contributed by atoms with E-state index in [-0.39, 0.29) is 6.09 Å². The largest absolute Gasteiger partial charge is 0.444 e. The van der Waals surface area contributed by atoms with Crippen molar-refractivity contribution >= 4 is 6.09 Å². The standard InChI is InChI=1S/C19H23N3O3/c1-14-6-5-7-15(20-14)8-9-16-12-19(25-21-16)10-11-22(13-19)17(23)24-18(2,3)4/h5-7,12,21H,10-11,13H2,1-4H3. The van der Waals surface area contributed by atoms with Crippen LogP contribution in [0, 0.1) is 18.8 Å². The average molecular weight is 341 g/mol. The van der Waals surface area contributed by atoms with E-state index in [2.05, 4.69) is 22.3 Å². The zero-order chi connectivity index (χ0) is 18.1.